The van der Waals surface area contributed by atoms with Crippen LogP contribution in [0.1, 0.15) is 33.1 Å². The van der Waals surface area contributed by atoms with Crippen LogP contribution in [-0.2, 0) is 0 Å². The molecular weight excluding hydrogens is 397 g/mol. The average Bonchev–Trinajstić information content (AvgIpc) is 2.67. The molecule has 1 heterocycles. The first-order valence-corrected chi connectivity index (χ1v) is 10.7. The van der Waals surface area contributed by atoms with Gasteiger partial charge in [-0.15, -0.1) is 10.9 Å². The van der Waals surface area contributed by atoms with Crippen molar-refractivity contribution in [3.63, 3.8) is 0 Å². The predicted octanol–water partition coefficient (Wildman–Crippen LogP) is 4.25. The van der Waals surface area contributed by atoms with Gasteiger partial charge in [-0.2, -0.15) is 0 Å². The zero-order valence-corrected chi connectivity index (χ0v) is 18.1. The molecule has 0 aliphatic carbocycles. The molecule has 1 atom stereocenters. The lowest BCUT2D eigenvalue weighted by atomic mass is 9.35. The first kappa shape index (κ1) is 20.7. The van der Waals surface area contributed by atoms with E-state index in [1.54, 1.807) is 0 Å². The van der Waals surface area contributed by atoms with E-state index in [2.05, 4.69) is 72.1 Å². The standard InChI is InChI=1S/C21H26BCl3N2/c1-3-4-15-27-17(2)16-20(21(23,24)25)26-22(27,18-11-7-5-8-12-18)19-13-9-6-10-14-19/h5-14,20,26H,3-4,15-16H2,1-2H3. The van der Waals surface area contributed by atoms with Crippen LogP contribution in [-0.4, -0.2) is 33.0 Å². The third kappa shape index (κ3) is 4.22. The van der Waals surface area contributed by atoms with Crippen molar-refractivity contribution >= 4 is 57.9 Å². The fourth-order valence-electron chi connectivity index (χ4n) is 4.31. The molecule has 2 aromatic carbocycles. The molecule has 0 spiro atoms. The molecule has 1 unspecified atom stereocenters. The second-order valence-electron chi connectivity index (χ2n) is 7.39. The summed E-state index contributed by atoms with van der Waals surface area (Å²) in [5.74, 6) is 0. The molecule has 6 heteroatoms. The molecule has 3 rings (SSSR count). The van der Waals surface area contributed by atoms with Crippen molar-refractivity contribution in [1.82, 2.24) is 5.23 Å². The SMILES string of the molecule is CCCC[N+]1=C(C)CC(C(Cl)(Cl)Cl)N[B-]1(c1ccccc1)c1ccccc1. The van der Waals surface area contributed by atoms with E-state index in [1.165, 1.54) is 16.6 Å². The summed E-state index contributed by atoms with van der Waals surface area (Å²) in [7, 11) is 0. The Morgan fingerprint density at radius 1 is 1.00 bits per heavy atom. The maximum absolute atomic E-state index is 6.38. The summed E-state index contributed by atoms with van der Waals surface area (Å²) in [6.45, 7) is 5.35. The molecule has 0 amide bonds. The summed E-state index contributed by atoms with van der Waals surface area (Å²) in [5.41, 5.74) is 3.67. The Labute approximate surface area is 177 Å². The Kier molecular flexibility index (Phi) is 6.58. The number of rotatable bonds is 5. The van der Waals surface area contributed by atoms with Gasteiger partial charge in [0.1, 0.15) is 0 Å². The average molecular weight is 424 g/mol. The van der Waals surface area contributed by atoms with Gasteiger partial charge in [0.25, 0.3) is 0 Å². The first-order valence-electron chi connectivity index (χ1n) is 9.60. The van der Waals surface area contributed by atoms with E-state index in [-0.39, 0.29) is 6.04 Å². The Bertz CT molecular complexity index is 749. The summed E-state index contributed by atoms with van der Waals surface area (Å²) in [4.78, 5) is 0. The van der Waals surface area contributed by atoms with Crippen molar-refractivity contribution in [2.75, 3.05) is 6.54 Å². The van der Waals surface area contributed by atoms with Gasteiger partial charge in [0.2, 0.25) is 3.79 Å². The van der Waals surface area contributed by atoms with Gasteiger partial charge in [0.15, 0.2) is 0 Å². The first-order chi connectivity index (χ1) is 12.9. The monoisotopic (exact) mass is 422 g/mol. The van der Waals surface area contributed by atoms with E-state index in [9.17, 15) is 0 Å². The summed E-state index contributed by atoms with van der Waals surface area (Å²) in [6, 6.07) is 20.8. The summed E-state index contributed by atoms with van der Waals surface area (Å²) < 4.78 is 1.13. The van der Waals surface area contributed by atoms with Crippen molar-refractivity contribution in [3.8, 4) is 0 Å². The van der Waals surface area contributed by atoms with E-state index >= 15 is 0 Å². The molecule has 0 fully saturated rings. The Hall–Kier alpha value is -0.995. The molecule has 27 heavy (non-hydrogen) atoms. The minimum absolute atomic E-state index is 0.263. The van der Waals surface area contributed by atoms with Gasteiger partial charge in [-0.1, -0.05) is 109 Å². The summed E-state index contributed by atoms with van der Waals surface area (Å²) >= 11 is 19.1. The molecule has 2 aromatic rings. The largest absolute Gasteiger partial charge is 0.436 e. The van der Waals surface area contributed by atoms with Crippen LogP contribution in [0.2, 0.25) is 0 Å². The van der Waals surface area contributed by atoms with Gasteiger partial charge in [-0.25, -0.2) is 0 Å². The molecule has 1 aliphatic rings. The fraction of sp³-hybridized carbons (Fsp3) is 0.381. The normalized spacial score (nSPS) is 20.0. The van der Waals surface area contributed by atoms with Gasteiger partial charge in [-0.3, -0.25) is 0 Å². The van der Waals surface area contributed by atoms with Gasteiger partial charge in [0.05, 0.1) is 12.3 Å². The third-order valence-electron chi connectivity index (χ3n) is 5.61. The highest BCUT2D eigenvalue weighted by atomic mass is 35.6. The highest BCUT2D eigenvalue weighted by Gasteiger charge is 2.50. The van der Waals surface area contributed by atoms with Crippen LogP contribution in [0.15, 0.2) is 60.7 Å². The molecular formula is C21H26BCl3N2. The highest BCUT2D eigenvalue weighted by Crippen LogP contribution is 2.34. The highest BCUT2D eigenvalue weighted by molar-refractivity contribution is 6.95. The van der Waals surface area contributed by atoms with Gasteiger partial charge in [-0.05, 0) is 0 Å². The molecule has 2 nitrogen and oxygen atoms in total. The molecule has 0 saturated carbocycles. The Morgan fingerprint density at radius 3 is 1.96 bits per heavy atom. The number of nitrogens with zero attached hydrogens (tertiary/aromatic N) is 1. The fourth-order valence-corrected chi connectivity index (χ4v) is 4.73. The van der Waals surface area contributed by atoms with Crippen LogP contribution < -0.4 is 16.2 Å². The van der Waals surface area contributed by atoms with E-state index in [0.29, 0.717) is 6.42 Å². The van der Waals surface area contributed by atoms with Crippen LogP contribution in [0.5, 0.6) is 0 Å². The van der Waals surface area contributed by atoms with E-state index in [0.717, 1.165) is 19.4 Å². The Morgan fingerprint density at radius 2 is 1.52 bits per heavy atom. The zero-order valence-electron chi connectivity index (χ0n) is 15.8. The molecule has 0 radical (unpaired) electrons. The number of alkyl halides is 3. The lowest BCUT2D eigenvalue weighted by Gasteiger charge is -2.48. The summed E-state index contributed by atoms with van der Waals surface area (Å²) in [5, 5.41) is 3.80. The molecule has 0 saturated heterocycles. The topological polar surface area (TPSA) is 15.0 Å². The second-order valence-corrected chi connectivity index (χ2v) is 9.76. The molecule has 0 aromatic heterocycles. The van der Waals surface area contributed by atoms with Crippen LogP contribution in [0.3, 0.4) is 0 Å². The number of hydrogen-bond donors (Lipinski definition) is 1. The summed E-state index contributed by atoms with van der Waals surface area (Å²) in [6.07, 6.45) is 1.49. The van der Waals surface area contributed by atoms with Crippen molar-refractivity contribution in [1.29, 1.82) is 0 Å². The smallest absolute Gasteiger partial charge is 0.397 e. The molecule has 1 N–H and O–H groups in total. The van der Waals surface area contributed by atoms with Gasteiger partial charge in [0, 0.05) is 25.8 Å². The predicted molar refractivity (Wildman–Crippen MR) is 120 cm³/mol. The Balaban J connectivity index is 2.27. The van der Waals surface area contributed by atoms with Crippen molar-refractivity contribution in [2.45, 2.75) is 42.9 Å². The van der Waals surface area contributed by atoms with E-state index < -0.39 is 10.2 Å². The number of nitrogens with one attached hydrogen (secondary N) is 1. The maximum atomic E-state index is 6.38. The second kappa shape index (κ2) is 8.57. The maximum Gasteiger partial charge on any atom is 0.397 e. The van der Waals surface area contributed by atoms with Crippen molar-refractivity contribution in [3.05, 3.63) is 60.7 Å². The lowest BCUT2D eigenvalue weighted by molar-refractivity contribution is -0.404. The minimum atomic E-state index is -1.46. The van der Waals surface area contributed by atoms with E-state index in [4.69, 9.17) is 34.8 Å². The number of halogens is 3. The quantitative estimate of drug-likeness (QED) is 0.561. The zero-order chi connectivity index (χ0) is 19.5. The minimum Gasteiger partial charge on any atom is -0.436 e. The van der Waals surface area contributed by atoms with E-state index in [1.807, 2.05) is 12.1 Å². The van der Waals surface area contributed by atoms with Crippen LogP contribution in [0, 0.1) is 0 Å². The third-order valence-corrected chi connectivity index (χ3v) is 6.40. The number of benzene rings is 2. The molecule has 144 valence electrons. The molecule has 0 bridgehead atoms. The molecule has 1 aliphatic heterocycles. The van der Waals surface area contributed by atoms with Crippen LogP contribution in [0.4, 0.5) is 0 Å². The van der Waals surface area contributed by atoms with Crippen molar-refractivity contribution < 1.29 is 4.49 Å². The number of unbranched alkanes of at least 4 members (excludes halogenated alkanes) is 1. The van der Waals surface area contributed by atoms with Crippen molar-refractivity contribution in [2.24, 2.45) is 0 Å². The van der Waals surface area contributed by atoms with Crippen LogP contribution >= 0.6 is 34.8 Å². The number of hydrogen-bond acceptors (Lipinski definition) is 1. The van der Waals surface area contributed by atoms with Gasteiger partial charge >= 0.3 is 6.42 Å². The lowest BCUT2D eigenvalue weighted by Crippen LogP contribution is -2.81. The van der Waals surface area contributed by atoms with Crippen LogP contribution in [0.25, 0.3) is 0 Å². The van der Waals surface area contributed by atoms with Gasteiger partial charge < -0.3 is 9.71 Å².